The van der Waals surface area contributed by atoms with Crippen molar-refractivity contribution in [1.82, 2.24) is 30.7 Å². The van der Waals surface area contributed by atoms with Gasteiger partial charge in [-0.05, 0) is 64.3 Å². The number of nitrogens with one attached hydrogen (secondary N) is 1. The number of hydrogen-bond donors (Lipinski definition) is 2. The minimum absolute atomic E-state index is 0. The largest absolute Gasteiger partial charge is 0.507 e. The van der Waals surface area contributed by atoms with Crippen LogP contribution in [0.15, 0.2) is 42.9 Å². The van der Waals surface area contributed by atoms with Gasteiger partial charge in [0.1, 0.15) is 11.4 Å². The molecule has 1 fully saturated rings. The molecule has 3 aromatic rings. The Hall–Kier alpha value is -2.55. The summed E-state index contributed by atoms with van der Waals surface area (Å²) in [4.78, 5) is 6.66. The van der Waals surface area contributed by atoms with Gasteiger partial charge in [-0.1, -0.05) is 6.07 Å². The van der Waals surface area contributed by atoms with Gasteiger partial charge in [-0.3, -0.25) is 0 Å². The van der Waals surface area contributed by atoms with Gasteiger partial charge in [0.05, 0.1) is 18.6 Å². The van der Waals surface area contributed by atoms with Crippen molar-refractivity contribution < 1.29 is 5.11 Å². The second-order valence-corrected chi connectivity index (χ2v) is 9.57. The molecule has 8 nitrogen and oxygen atoms in total. The Morgan fingerprint density at radius 2 is 1.64 bits per heavy atom. The number of phenols is 1. The Labute approximate surface area is 207 Å². The fourth-order valence-electron chi connectivity index (χ4n) is 4.65. The molecule has 4 rings (SSSR count). The van der Waals surface area contributed by atoms with Gasteiger partial charge in [0.15, 0.2) is 0 Å². The summed E-state index contributed by atoms with van der Waals surface area (Å²) < 4.78 is 0. The van der Waals surface area contributed by atoms with Gasteiger partial charge in [0.25, 0.3) is 0 Å². The molecule has 0 bridgehead atoms. The number of benzene rings is 1. The molecule has 1 aromatic carbocycles. The van der Waals surface area contributed by atoms with Crippen molar-refractivity contribution in [1.29, 1.82) is 0 Å². The van der Waals surface area contributed by atoms with Crippen LogP contribution in [0.2, 0.25) is 0 Å². The molecular formula is C23H31Cl2N7O. The maximum absolute atomic E-state index is 10.6. The number of halogens is 2. The van der Waals surface area contributed by atoms with E-state index in [1.165, 1.54) is 0 Å². The van der Waals surface area contributed by atoms with Crippen molar-refractivity contribution in [2.75, 3.05) is 11.9 Å². The maximum atomic E-state index is 10.6. The van der Waals surface area contributed by atoms with Crippen molar-refractivity contribution in [3.05, 3.63) is 42.9 Å². The fourth-order valence-corrected chi connectivity index (χ4v) is 4.65. The molecule has 0 unspecified atom stereocenters. The van der Waals surface area contributed by atoms with E-state index in [9.17, 15) is 5.11 Å². The summed E-state index contributed by atoms with van der Waals surface area (Å²) in [5.41, 5.74) is 2.91. The molecule has 0 radical (unpaired) electrons. The monoisotopic (exact) mass is 491 g/mol. The normalized spacial score (nSPS) is 16.9. The van der Waals surface area contributed by atoms with E-state index in [4.69, 9.17) is 0 Å². The van der Waals surface area contributed by atoms with Gasteiger partial charge >= 0.3 is 0 Å². The Balaban J connectivity index is 0.00000193. The number of nitrogens with zero attached hydrogens (tertiary/aromatic N) is 6. The third kappa shape index (κ3) is 6.07. The fraction of sp³-hybridized carbons (Fsp3) is 0.435. The second kappa shape index (κ2) is 10.2. The zero-order chi connectivity index (χ0) is 22.2. The molecule has 1 aliphatic heterocycles. The first-order valence-corrected chi connectivity index (χ1v) is 10.5. The Morgan fingerprint density at radius 3 is 2.18 bits per heavy atom. The Morgan fingerprint density at radius 1 is 0.939 bits per heavy atom. The minimum Gasteiger partial charge on any atom is -0.507 e. The first kappa shape index (κ1) is 26.7. The van der Waals surface area contributed by atoms with E-state index in [1.807, 2.05) is 25.2 Å². The standard InChI is InChI=1S/C23H29N7O.2ClH/c1-22(2)11-17(12-23(3,4)29-22)30(5)21-24-14-19(27-28-21)18-7-6-15(10-20(18)31)16-8-9-25-26-13-16;;/h6-10,13-14,17,29,31H,11-12H2,1-5H3;2*1H. The summed E-state index contributed by atoms with van der Waals surface area (Å²) >= 11 is 0. The topological polar surface area (TPSA) is 100.0 Å². The van der Waals surface area contributed by atoms with E-state index in [1.54, 1.807) is 24.7 Å². The summed E-state index contributed by atoms with van der Waals surface area (Å²) in [6.07, 6.45) is 6.92. The predicted octanol–water partition coefficient (Wildman–Crippen LogP) is 4.29. The number of rotatable bonds is 4. The van der Waals surface area contributed by atoms with Crippen LogP contribution < -0.4 is 10.2 Å². The van der Waals surface area contributed by atoms with Crippen LogP contribution in [0.3, 0.4) is 0 Å². The third-order valence-corrected chi connectivity index (χ3v) is 5.77. The summed E-state index contributed by atoms with van der Waals surface area (Å²) in [7, 11) is 2.02. The van der Waals surface area contributed by atoms with Crippen LogP contribution in [-0.4, -0.2) is 54.7 Å². The Bertz CT molecular complexity index is 1050. The van der Waals surface area contributed by atoms with Gasteiger partial charge in [-0.2, -0.15) is 10.2 Å². The summed E-state index contributed by atoms with van der Waals surface area (Å²) in [5, 5.41) is 30.6. The third-order valence-electron chi connectivity index (χ3n) is 5.77. The van der Waals surface area contributed by atoms with Crippen LogP contribution in [0.4, 0.5) is 5.95 Å². The van der Waals surface area contributed by atoms with Crippen molar-refractivity contribution in [3.63, 3.8) is 0 Å². The maximum Gasteiger partial charge on any atom is 0.245 e. The lowest BCUT2D eigenvalue weighted by atomic mass is 9.79. The predicted molar refractivity (Wildman–Crippen MR) is 135 cm³/mol. The molecule has 3 heterocycles. The molecule has 0 aliphatic carbocycles. The van der Waals surface area contributed by atoms with Crippen molar-refractivity contribution >= 4 is 30.8 Å². The van der Waals surface area contributed by atoms with Crippen molar-refractivity contribution in [3.8, 4) is 28.1 Å². The number of aromatic hydroxyl groups is 1. The number of hydrogen-bond acceptors (Lipinski definition) is 8. The van der Waals surface area contributed by atoms with E-state index < -0.39 is 0 Å². The molecule has 0 amide bonds. The average molecular weight is 492 g/mol. The lowest BCUT2D eigenvalue weighted by Gasteiger charge is -2.48. The highest BCUT2D eigenvalue weighted by molar-refractivity contribution is 5.85. The van der Waals surface area contributed by atoms with Crippen molar-refractivity contribution in [2.45, 2.75) is 57.7 Å². The highest BCUT2D eigenvalue weighted by Gasteiger charge is 2.39. The quantitative estimate of drug-likeness (QED) is 0.557. The molecule has 0 saturated carbocycles. The highest BCUT2D eigenvalue weighted by atomic mass is 35.5. The van der Waals surface area contributed by atoms with Gasteiger partial charge in [-0.15, -0.1) is 35.0 Å². The number of aromatic nitrogens is 5. The Kier molecular flexibility index (Phi) is 8.22. The van der Waals surface area contributed by atoms with E-state index in [0.717, 1.165) is 24.0 Å². The molecule has 1 aliphatic rings. The summed E-state index contributed by atoms with van der Waals surface area (Å²) in [5.74, 6) is 0.703. The van der Waals surface area contributed by atoms with E-state index in [-0.39, 0.29) is 41.6 Å². The summed E-state index contributed by atoms with van der Waals surface area (Å²) in [6, 6.07) is 7.57. The number of anilines is 1. The van der Waals surface area contributed by atoms with Crippen LogP contribution in [0, 0.1) is 0 Å². The first-order valence-electron chi connectivity index (χ1n) is 10.5. The van der Waals surface area contributed by atoms with Gasteiger partial charge in [-0.25, -0.2) is 4.98 Å². The van der Waals surface area contributed by atoms with Crippen LogP contribution in [-0.2, 0) is 0 Å². The van der Waals surface area contributed by atoms with Gasteiger partial charge in [0, 0.05) is 35.3 Å². The molecule has 2 N–H and O–H groups in total. The molecule has 10 heteroatoms. The zero-order valence-corrected chi connectivity index (χ0v) is 21.1. The first-order chi connectivity index (χ1) is 14.6. The smallest absolute Gasteiger partial charge is 0.245 e. The minimum atomic E-state index is 0. The van der Waals surface area contributed by atoms with Gasteiger partial charge in [0.2, 0.25) is 5.95 Å². The van der Waals surface area contributed by atoms with Crippen LogP contribution in [0.5, 0.6) is 5.75 Å². The van der Waals surface area contributed by atoms with E-state index in [0.29, 0.717) is 23.2 Å². The summed E-state index contributed by atoms with van der Waals surface area (Å²) in [6.45, 7) is 8.91. The molecule has 2 aromatic heterocycles. The lowest BCUT2D eigenvalue weighted by Crippen LogP contribution is -2.62. The van der Waals surface area contributed by atoms with E-state index >= 15 is 0 Å². The zero-order valence-electron chi connectivity index (χ0n) is 19.5. The molecule has 0 spiro atoms. The molecule has 1 saturated heterocycles. The SMILES string of the molecule is CN(c1ncc(-c2ccc(-c3ccnnc3)cc2O)nn1)C1CC(C)(C)NC(C)(C)C1.Cl.Cl. The number of phenolic OH excluding ortho intramolecular Hbond substituents is 1. The lowest BCUT2D eigenvalue weighted by molar-refractivity contribution is 0.160. The molecule has 33 heavy (non-hydrogen) atoms. The van der Waals surface area contributed by atoms with Gasteiger partial charge < -0.3 is 15.3 Å². The molecular weight excluding hydrogens is 461 g/mol. The molecule has 0 atom stereocenters. The number of piperidine rings is 1. The van der Waals surface area contributed by atoms with Crippen LogP contribution in [0.25, 0.3) is 22.4 Å². The van der Waals surface area contributed by atoms with E-state index in [2.05, 4.69) is 63.3 Å². The van der Waals surface area contributed by atoms with Crippen LogP contribution >= 0.6 is 24.8 Å². The van der Waals surface area contributed by atoms with Crippen LogP contribution in [0.1, 0.15) is 40.5 Å². The average Bonchev–Trinajstić information content (AvgIpc) is 2.72. The molecule has 178 valence electrons. The van der Waals surface area contributed by atoms with Crippen molar-refractivity contribution in [2.24, 2.45) is 0 Å². The highest BCUT2D eigenvalue weighted by Crippen LogP contribution is 2.34. The second-order valence-electron chi connectivity index (χ2n) is 9.57.